The van der Waals surface area contributed by atoms with Crippen LogP contribution in [0.2, 0.25) is 0 Å². The molecule has 0 spiro atoms. The van der Waals surface area contributed by atoms with Crippen LogP contribution in [0.4, 0.5) is 4.39 Å². The molecule has 2 aromatic carbocycles. The molecule has 0 bridgehead atoms. The molecule has 0 aliphatic heterocycles. The molecule has 0 aromatic heterocycles. The molecule has 2 rings (SSSR count). The van der Waals surface area contributed by atoms with Crippen LogP contribution >= 0.6 is 11.8 Å². The predicted molar refractivity (Wildman–Crippen MR) is 108 cm³/mol. The molecule has 4 nitrogen and oxygen atoms in total. The number of amides is 2. The van der Waals surface area contributed by atoms with E-state index >= 15 is 0 Å². The van der Waals surface area contributed by atoms with Crippen LogP contribution in [0.3, 0.4) is 0 Å². The number of carbonyl (C=O) groups is 2. The zero-order valence-electron chi connectivity index (χ0n) is 15.9. The molecule has 27 heavy (non-hydrogen) atoms. The van der Waals surface area contributed by atoms with Gasteiger partial charge in [-0.3, -0.25) is 9.59 Å². The van der Waals surface area contributed by atoms with Gasteiger partial charge in [-0.15, -0.1) is 11.8 Å². The van der Waals surface area contributed by atoms with Crippen molar-refractivity contribution in [2.24, 2.45) is 0 Å². The largest absolute Gasteiger partial charge is 0.357 e. The van der Waals surface area contributed by atoms with Crippen LogP contribution in [-0.2, 0) is 21.9 Å². The fourth-order valence-electron chi connectivity index (χ4n) is 2.63. The van der Waals surface area contributed by atoms with Crippen LogP contribution in [-0.4, -0.2) is 35.6 Å². The molecule has 0 aliphatic carbocycles. The number of nitrogens with one attached hydrogen (secondary N) is 1. The Morgan fingerprint density at radius 2 is 1.81 bits per heavy atom. The molecule has 6 heteroatoms. The fraction of sp³-hybridized carbons (Fsp3) is 0.333. The van der Waals surface area contributed by atoms with Crippen LogP contribution < -0.4 is 5.32 Å². The smallest absolute Gasteiger partial charge is 0.242 e. The number of rotatable bonds is 8. The van der Waals surface area contributed by atoms with Gasteiger partial charge in [0.05, 0.1) is 5.75 Å². The molecule has 2 aromatic rings. The van der Waals surface area contributed by atoms with E-state index in [1.807, 2.05) is 31.2 Å². The van der Waals surface area contributed by atoms with Gasteiger partial charge in [0.1, 0.15) is 11.9 Å². The summed E-state index contributed by atoms with van der Waals surface area (Å²) in [7, 11) is 1.56. The number of hydrogen-bond donors (Lipinski definition) is 1. The Morgan fingerprint density at radius 1 is 1.15 bits per heavy atom. The zero-order valence-corrected chi connectivity index (χ0v) is 16.7. The summed E-state index contributed by atoms with van der Waals surface area (Å²) < 4.78 is 13.7. The minimum absolute atomic E-state index is 0.145. The minimum Gasteiger partial charge on any atom is -0.357 e. The molecule has 0 saturated carbocycles. The molecule has 2 amide bonds. The van der Waals surface area contributed by atoms with Crippen LogP contribution in [0.1, 0.15) is 23.6 Å². The van der Waals surface area contributed by atoms with Gasteiger partial charge < -0.3 is 10.2 Å². The number of aryl methyl sites for hydroxylation is 1. The van der Waals surface area contributed by atoms with E-state index in [9.17, 15) is 14.0 Å². The molecular weight excluding hydrogens is 363 g/mol. The Kier molecular flexibility index (Phi) is 7.85. The highest BCUT2D eigenvalue weighted by atomic mass is 32.2. The van der Waals surface area contributed by atoms with Crippen LogP contribution in [0.15, 0.2) is 48.5 Å². The Balaban J connectivity index is 2.04. The first-order chi connectivity index (χ1) is 12.9. The lowest BCUT2D eigenvalue weighted by Crippen LogP contribution is -2.47. The number of likely N-dealkylation sites (N-methyl/N-ethyl adjacent to an activating group) is 1. The Bertz CT molecular complexity index is 780. The first kappa shape index (κ1) is 21.0. The normalized spacial score (nSPS) is 11.7. The summed E-state index contributed by atoms with van der Waals surface area (Å²) >= 11 is 1.34. The van der Waals surface area contributed by atoms with Crippen molar-refractivity contribution in [2.45, 2.75) is 32.2 Å². The van der Waals surface area contributed by atoms with Gasteiger partial charge in [-0.2, -0.15) is 0 Å². The Morgan fingerprint density at radius 3 is 2.44 bits per heavy atom. The lowest BCUT2D eigenvalue weighted by atomic mass is 10.1. The number of nitrogens with zero attached hydrogens (tertiary/aromatic N) is 1. The van der Waals surface area contributed by atoms with Crippen molar-refractivity contribution < 1.29 is 14.0 Å². The standard InChI is InChI=1S/C21H25FN2O2S/c1-15-8-10-17(11-9-15)12-24(16(2)21(26)23-3)20(25)14-27-13-18-6-4-5-7-19(18)22/h4-11,16H,12-14H2,1-3H3,(H,23,26)/t16-/m0/s1. The molecule has 0 saturated heterocycles. The molecule has 0 aliphatic rings. The fourth-order valence-corrected chi connectivity index (χ4v) is 3.52. The summed E-state index contributed by atoms with van der Waals surface area (Å²) in [4.78, 5) is 26.4. The summed E-state index contributed by atoms with van der Waals surface area (Å²) in [6, 6.07) is 13.8. The van der Waals surface area contributed by atoms with Gasteiger partial charge in [0.2, 0.25) is 11.8 Å². The van der Waals surface area contributed by atoms with E-state index in [2.05, 4.69) is 5.32 Å². The van der Waals surface area contributed by atoms with E-state index in [1.54, 1.807) is 37.1 Å². The number of thioether (sulfide) groups is 1. The maximum atomic E-state index is 13.7. The van der Waals surface area contributed by atoms with Gasteiger partial charge in [0.25, 0.3) is 0 Å². The molecule has 0 heterocycles. The Hall–Kier alpha value is -2.34. The van der Waals surface area contributed by atoms with Gasteiger partial charge in [-0.25, -0.2) is 4.39 Å². The average molecular weight is 389 g/mol. The number of carbonyl (C=O) groups excluding carboxylic acids is 2. The molecule has 1 atom stereocenters. The first-order valence-corrected chi connectivity index (χ1v) is 9.95. The summed E-state index contributed by atoms with van der Waals surface area (Å²) in [6.45, 7) is 4.07. The molecular formula is C21H25FN2O2S. The van der Waals surface area contributed by atoms with Crippen molar-refractivity contribution in [3.63, 3.8) is 0 Å². The van der Waals surface area contributed by atoms with Crippen molar-refractivity contribution >= 4 is 23.6 Å². The molecule has 144 valence electrons. The highest BCUT2D eigenvalue weighted by Crippen LogP contribution is 2.18. The third kappa shape index (κ3) is 6.10. The average Bonchev–Trinajstić information content (AvgIpc) is 2.67. The van der Waals surface area contributed by atoms with Gasteiger partial charge >= 0.3 is 0 Å². The van der Waals surface area contributed by atoms with Crippen molar-refractivity contribution in [1.82, 2.24) is 10.2 Å². The highest BCUT2D eigenvalue weighted by Gasteiger charge is 2.25. The van der Waals surface area contributed by atoms with Crippen molar-refractivity contribution in [2.75, 3.05) is 12.8 Å². The van der Waals surface area contributed by atoms with Gasteiger partial charge in [-0.1, -0.05) is 48.0 Å². The van der Waals surface area contributed by atoms with Crippen molar-refractivity contribution in [3.8, 4) is 0 Å². The highest BCUT2D eigenvalue weighted by molar-refractivity contribution is 7.99. The summed E-state index contributed by atoms with van der Waals surface area (Å²) in [5, 5.41) is 2.60. The van der Waals surface area contributed by atoms with Crippen molar-refractivity contribution in [1.29, 1.82) is 0 Å². The zero-order chi connectivity index (χ0) is 19.8. The SMILES string of the molecule is CNC(=O)[C@H](C)N(Cc1ccc(C)cc1)C(=O)CSCc1ccccc1F. The lowest BCUT2D eigenvalue weighted by Gasteiger charge is -2.28. The van der Waals surface area contributed by atoms with Gasteiger partial charge in [0, 0.05) is 19.3 Å². The number of halogens is 1. The first-order valence-electron chi connectivity index (χ1n) is 8.80. The van der Waals surface area contributed by atoms with E-state index in [1.165, 1.54) is 17.8 Å². The predicted octanol–water partition coefficient (Wildman–Crippen LogP) is 3.53. The van der Waals surface area contributed by atoms with E-state index in [4.69, 9.17) is 0 Å². The third-order valence-corrected chi connectivity index (χ3v) is 5.29. The minimum atomic E-state index is -0.585. The second-order valence-corrected chi connectivity index (χ2v) is 7.37. The molecule has 0 unspecified atom stereocenters. The summed E-state index contributed by atoms with van der Waals surface area (Å²) in [5.41, 5.74) is 2.67. The molecule has 1 N–H and O–H groups in total. The van der Waals surface area contributed by atoms with Crippen molar-refractivity contribution in [3.05, 3.63) is 71.0 Å². The second-order valence-electron chi connectivity index (χ2n) is 6.38. The van der Waals surface area contributed by atoms with E-state index < -0.39 is 6.04 Å². The van der Waals surface area contributed by atoms with Crippen LogP contribution in [0.5, 0.6) is 0 Å². The van der Waals surface area contributed by atoms with Crippen LogP contribution in [0.25, 0.3) is 0 Å². The maximum Gasteiger partial charge on any atom is 0.242 e. The Labute approximate surface area is 164 Å². The van der Waals surface area contributed by atoms with Gasteiger partial charge in [-0.05, 0) is 31.0 Å². The maximum absolute atomic E-state index is 13.7. The monoisotopic (exact) mass is 388 g/mol. The quantitative estimate of drug-likeness (QED) is 0.753. The summed E-state index contributed by atoms with van der Waals surface area (Å²) in [5.74, 6) is -0.0394. The lowest BCUT2D eigenvalue weighted by molar-refractivity contribution is -0.138. The molecule has 0 radical (unpaired) electrons. The van der Waals surface area contributed by atoms with Gasteiger partial charge in [0.15, 0.2) is 0 Å². The van der Waals surface area contributed by atoms with E-state index in [-0.39, 0.29) is 23.4 Å². The molecule has 0 fully saturated rings. The van der Waals surface area contributed by atoms with E-state index in [0.717, 1.165) is 11.1 Å². The number of hydrogen-bond acceptors (Lipinski definition) is 3. The van der Waals surface area contributed by atoms with E-state index in [0.29, 0.717) is 17.9 Å². The van der Waals surface area contributed by atoms with Crippen LogP contribution in [0, 0.1) is 12.7 Å². The third-order valence-electron chi connectivity index (χ3n) is 4.33. The topological polar surface area (TPSA) is 49.4 Å². The number of benzene rings is 2. The second kappa shape index (κ2) is 10.1. The summed E-state index contributed by atoms with van der Waals surface area (Å²) in [6.07, 6.45) is 0.